The maximum Gasteiger partial charge on any atom is 0.254 e. The molecule has 2 aromatic heterocycles. The smallest absolute Gasteiger partial charge is 0.254 e. The molecule has 5 rings (SSSR count). The number of hydrogen-bond donors (Lipinski definition) is 1. The van der Waals surface area contributed by atoms with Crippen molar-refractivity contribution in [3.8, 4) is 5.75 Å². The number of hydrogen-bond acceptors (Lipinski definition) is 6. The van der Waals surface area contributed by atoms with E-state index in [1.807, 2.05) is 12.3 Å². The molecule has 160 valence electrons. The molecule has 2 fully saturated rings. The van der Waals surface area contributed by atoms with Crippen molar-refractivity contribution in [1.82, 2.24) is 14.9 Å². The molecule has 1 N–H and O–H groups in total. The summed E-state index contributed by atoms with van der Waals surface area (Å²) in [5.74, 6) is -4.01. The number of nitrogens with zero attached hydrogens (tertiary/aromatic N) is 3. The Morgan fingerprint density at radius 2 is 2.10 bits per heavy atom. The first-order valence-corrected chi connectivity index (χ1v) is 11.2. The van der Waals surface area contributed by atoms with Crippen LogP contribution in [0.3, 0.4) is 0 Å². The van der Waals surface area contributed by atoms with Crippen LogP contribution in [-0.4, -0.2) is 42.1 Å². The van der Waals surface area contributed by atoms with Crippen LogP contribution in [-0.2, 0) is 16.6 Å². The number of rotatable bonds is 7. The molecule has 0 amide bonds. The van der Waals surface area contributed by atoms with Gasteiger partial charge < -0.3 is 9.26 Å². The number of nitrogens with one attached hydrogen (secondary N) is 1. The van der Waals surface area contributed by atoms with Gasteiger partial charge in [-0.15, -0.1) is 0 Å². The van der Waals surface area contributed by atoms with Gasteiger partial charge in [0, 0.05) is 24.2 Å². The Hall–Kier alpha value is -2.69. The van der Waals surface area contributed by atoms with Crippen LogP contribution < -0.4 is 9.46 Å². The van der Waals surface area contributed by atoms with Crippen molar-refractivity contribution in [1.29, 1.82) is 0 Å². The fourth-order valence-electron chi connectivity index (χ4n) is 4.55. The highest BCUT2D eigenvalue weighted by Gasteiger charge is 2.71. The van der Waals surface area contributed by atoms with E-state index >= 15 is 0 Å². The summed E-state index contributed by atoms with van der Waals surface area (Å²) < 4.78 is 66.9. The van der Waals surface area contributed by atoms with Gasteiger partial charge in [0.1, 0.15) is 11.1 Å². The van der Waals surface area contributed by atoms with Gasteiger partial charge in [-0.2, -0.15) is 5.10 Å². The monoisotopic (exact) mass is 438 g/mol. The van der Waals surface area contributed by atoms with Crippen molar-refractivity contribution in [3.05, 3.63) is 36.2 Å². The molecular weight excluding hydrogens is 418 g/mol. The van der Waals surface area contributed by atoms with Gasteiger partial charge in [0.2, 0.25) is 10.0 Å². The third-order valence-electron chi connectivity index (χ3n) is 5.97. The number of anilines is 1. The van der Waals surface area contributed by atoms with Gasteiger partial charge in [0.15, 0.2) is 11.4 Å². The van der Waals surface area contributed by atoms with Crippen LogP contribution >= 0.6 is 0 Å². The molecule has 0 aliphatic heterocycles. The average molecular weight is 438 g/mol. The van der Waals surface area contributed by atoms with Gasteiger partial charge in [0.25, 0.3) is 5.92 Å². The van der Waals surface area contributed by atoms with Gasteiger partial charge >= 0.3 is 0 Å². The third-order valence-corrected chi connectivity index (χ3v) is 7.38. The number of aromatic nitrogens is 3. The highest BCUT2D eigenvalue weighted by Crippen LogP contribution is 2.65. The Morgan fingerprint density at radius 1 is 1.33 bits per heavy atom. The fraction of sp³-hybridized carbons (Fsp3) is 0.474. The average Bonchev–Trinajstić information content (AvgIpc) is 3.24. The van der Waals surface area contributed by atoms with Crippen LogP contribution in [0.1, 0.15) is 18.4 Å². The van der Waals surface area contributed by atoms with Crippen molar-refractivity contribution in [3.63, 3.8) is 0 Å². The fourth-order valence-corrected chi connectivity index (χ4v) is 5.96. The molecular formula is C19H20F2N4O4S. The van der Waals surface area contributed by atoms with Gasteiger partial charge in [-0.25, -0.2) is 17.2 Å². The SMILES string of the molecule is COc1cc(Cn2cccn2)cc2onc(NS(=O)(=O)CC3CC4[C@@H](C3)C4(F)F)c12. The Morgan fingerprint density at radius 3 is 2.77 bits per heavy atom. The summed E-state index contributed by atoms with van der Waals surface area (Å²) in [5, 5.41) is 8.43. The van der Waals surface area contributed by atoms with E-state index in [1.165, 1.54) is 7.11 Å². The molecule has 2 saturated carbocycles. The standard InChI is InChI=1S/C19H20F2N4O4S/c1-28-15-7-11(9-25-4-2-3-22-25)8-16-17(15)18(23-29-16)24-30(26,27)10-12-5-13-14(6-12)19(13,20)21/h2-4,7-8,12-14H,5-6,9-10H2,1H3,(H,23,24)/t12?,13-,14?/m1/s1. The molecule has 30 heavy (non-hydrogen) atoms. The highest BCUT2D eigenvalue weighted by molar-refractivity contribution is 7.92. The summed E-state index contributed by atoms with van der Waals surface area (Å²) in [5.41, 5.74) is 1.22. The zero-order chi connectivity index (χ0) is 21.1. The Balaban J connectivity index is 1.35. The minimum absolute atomic E-state index is 0.0287. The number of benzene rings is 1. The topological polar surface area (TPSA) is 99.2 Å². The maximum absolute atomic E-state index is 13.4. The van der Waals surface area contributed by atoms with Crippen molar-refractivity contribution in [2.45, 2.75) is 25.3 Å². The minimum atomic E-state index is -3.78. The lowest BCUT2D eigenvalue weighted by atomic mass is 10.1. The van der Waals surface area contributed by atoms with E-state index in [0.717, 1.165) is 5.56 Å². The molecule has 1 aromatic carbocycles. The van der Waals surface area contributed by atoms with Crippen molar-refractivity contribution in [2.75, 3.05) is 17.6 Å². The van der Waals surface area contributed by atoms with E-state index in [0.29, 0.717) is 23.3 Å². The highest BCUT2D eigenvalue weighted by atomic mass is 32.2. The molecule has 0 bridgehead atoms. The summed E-state index contributed by atoms with van der Waals surface area (Å²) in [7, 11) is -2.31. The van der Waals surface area contributed by atoms with Crippen LogP contribution in [0.5, 0.6) is 5.75 Å². The predicted molar refractivity (Wildman–Crippen MR) is 104 cm³/mol. The lowest BCUT2D eigenvalue weighted by Crippen LogP contribution is -2.24. The summed E-state index contributed by atoms with van der Waals surface area (Å²) >= 11 is 0. The van der Waals surface area contributed by atoms with Crippen LogP contribution in [0.2, 0.25) is 0 Å². The van der Waals surface area contributed by atoms with Crippen LogP contribution in [0.15, 0.2) is 35.1 Å². The molecule has 2 unspecified atom stereocenters. The van der Waals surface area contributed by atoms with E-state index < -0.39 is 27.8 Å². The molecule has 11 heteroatoms. The van der Waals surface area contributed by atoms with Gasteiger partial charge in [-0.05, 0) is 42.5 Å². The summed E-state index contributed by atoms with van der Waals surface area (Å²) in [6.07, 6.45) is 3.96. The van der Waals surface area contributed by atoms with Crippen molar-refractivity contribution >= 4 is 26.8 Å². The van der Waals surface area contributed by atoms with Crippen LogP contribution in [0.4, 0.5) is 14.6 Å². The molecule has 0 saturated heterocycles. The number of methoxy groups -OCH3 is 1. The number of alkyl halides is 2. The molecule has 2 heterocycles. The van der Waals surface area contributed by atoms with E-state index in [1.54, 1.807) is 23.0 Å². The Bertz CT molecular complexity index is 1180. The van der Waals surface area contributed by atoms with Crippen molar-refractivity contribution in [2.24, 2.45) is 17.8 Å². The van der Waals surface area contributed by atoms with Crippen molar-refractivity contribution < 1.29 is 26.5 Å². The number of ether oxygens (including phenoxy) is 1. The van der Waals surface area contributed by atoms with Crippen LogP contribution in [0.25, 0.3) is 11.0 Å². The number of halogens is 2. The number of fused-ring (bicyclic) bond motifs is 2. The second-order valence-electron chi connectivity index (χ2n) is 8.01. The first kappa shape index (κ1) is 19.3. The van der Waals surface area contributed by atoms with E-state index in [4.69, 9.17) is 9.26 Å². The number of sulfonamides is 1. The first-order chi connectivity index (χ1) is 14.3. The van der Waals surface area contributed by atoms with Gasteiger partial charge in [-0.1, -0.05) is 5.16 Å². The Labute approximate surface area is 171 Å². The van der Waals surface area contributed by atoms with E-state index in [2.05, 4.69) is 15.0 Å². The quantitative estimate of drug-likeness (QED) is 0.609. The Kier molecular flexibility index (Phi) is 4.28. The molecule has 0 spiro atoms. The molecule has 3 atom stereocenters. The zero-order valence-electron chi connectivity index (χ0n) is 16.1. The normalized spacial score (nSPS) is 24.7. The first-order valence-electron chi connectivity index (χ1n) is 9.59. The summed E-state index contributed by atoms with van der Waals surface area (Å²) in [4.78, 5) is 0. The van der Waals surface area contributed by atoms with Crippen LogP contribution in [0, 0.1) is 17.8 Å². The third kappa shape index (κ3) is 3.30. The maximum atomic E-state index is 13.4. The molecule has 2 aliphatic carbocycles. The van der Waals surface area contributed by atoms with Gasteiger partial charge in [0.05, 0.1) is 19.4 Å². The van der Waals surface area contributed by atoms with E-state index in [9.17, 15) is 17.2 Å². The largest absolute Gasteiger partial charge is 0.496 e. The summed E-state index contributed by atoms with van der Waals surface area (Å²) in [6, 6.07) is 5.33. The predicted octanol–water partition coefficient (Wildman–Crippen LogP) is 3.11. The lowest BCUT2D eigenvalue weighted by molar-refractivity contribution is 0.0656. The molecule has 0 radical (unpaired) electrons. The molecule has 3 aromatic rings. The van der Waals surface area contributed by atoms with Gasteiger partial charge in [-0.3, -0.25) is 9.40 Å². The summed E-state index contributed by atoms with van der Waals surface area (Å²) in [6.45, 7) is 0.482. The van der Waals surface area contributed by atoms with E-state index in [-0.39, 0.29) is 30.3 Å². The molecule has 2 aliphatic rings. The molecule has 8 nitrogen and oxygen atoms in total. The second kappa shape index (κ2) is 6.66. The zero-order valence-corrected chi connectivity index (χ0v) is 16.9. The second-order valence-corrected chi connectivity index (χ2v) is 9.78. The lowest BCUT2D eigenvalue weighted by Gasteiger charge is -2.14. The minimum Gasteiger partial charge on any atom is -0.496 e.